The highest BCUT2D eigenvalue weighted by atomic mass is 35.5. The first kappa shape index (κ1) is 17.7. The summed E-state index contributed by atoms with van der Waals surface area (Å²) in [6, 6.07) is 6.89. The topological polar surface area (TPSA) is 58.2 Å². The Kier molecular flexibility index (Phi) is 7.40. The average Bonchev–Trinajstić information content (AvgIpc) is 2.53. The maximum atomic E-state index is 12.0. The second-order valence-electron chi connectivity index (χ2n) is 5.28. The van der Waals surface area contributed by atoms with Crippen molar-refractivity contribution < 1.29 is 9.59 Å². The fraction of sp³-hybridized carbons (Fsp3) is 0.500. The number of carbonyl (C=O) groups is 2. The van der Waals surface area contributed by atoms with Crippen LogP contribution in [0.5, 0.6) is 0 Å². The molecule has 1 aromatic rings. The van der Waals surface area contributed by atoms with Crippen molar-refractivity contribution in [1.82, 2.24) is 10.6 Å². The summed E-state index contributed by atoms with van der Waals surface area (Å²) in [4.78, 5) is 23.5. The van der Waals surface area contributed by atoms with Crippen LogP contribution in [0.2, 0.25) is 0 Å². The van der Waals surface area contributed by atoms with Gasteiger partial charge in [-0.25, -0.2) is 0 Å². The van der Waals surface area contributed by atoms with E-state index in [0.717, 1.165) is 19.5 Å². The quantitative estimate of drug-likeness (QED) is 0.821. The molecule has 1 atom stereocenters. The number of hydrogen-bond acceptors (Lipinski definition) is 3. The third-order valence-electron chi connectivity index (χ3n) is 3.74. The molecule has 1 aliphatic heterocycles. The molecule has 2 rings (SSSR count). The Labute approximate surface area is 132 Å². The first-order valence-electron chi connectivity index (χ1n) is 7.33. The molecular formula is C16H23ClN2O2. The van der Waals surface area contributed by atoms with E-state index in [1.54, 1.807) is 24.3 Å². The summed E-state index contributed by atoms with van der Waals surface area (Å²) < 4.78 is 0. The maximum absolute atomic E-state index is 12.0. The Balaban J connectivity index is 0.00000220. The van der Waals surface area contributed by atoms with Crippen LogP contribution < -0.4 is 10.6 Å². The number of nitrogens with one attached hydrogen (secondary N) is 2. The molecule has 1 unspecified atom stereocenters. The molecule has 5 heteroatoms. The van der Waals surface area contributed by atoms with Gasteiger partial charge in [0.1, 0.15) is 0 Å². The zero-order valence-electron chi connectivity index (χ0n) is 12.4. The van der Waals surface area contributed by atoms with Crippen LogP contribution in [0.1, 0.15) is 46.9 Å². The lowest BCUT2D eigenvalue weighted by Gasteiger charge is -2.22. The lowest BCUT2D eigenvalue weighted by molar-refractivity contribution is 0.0942. The number of hydrogen-bond donors (Lipinski definition) is 2. The number of halogens is 1. The lowest BCUT2D eigenvalue weighted by atomic mass is 9.99. The molecule has 116 valence electrons. The molecule has 0 radical (unpaired) electrons. The van der Waals surface area contributed by atoms with Crippen LogP contribution in [0, 0.1) is 5.92 Å². The molecule has 1 aromatic carbocycles. The van der Waals surface area contributed by atoms with Crippen molar-refractivity contribution in [2.24, 2.45) is 5.92 Å². The smallest absolute Gasteiger partial charge is 0.251 e. The maximum Gasteiger partial charge on any atom is 0.251 e. The van der Waals surface area contributed by atoms with Crippen LogP contribution in [0.15, 0.2) is 24.3 Å². The van der Waals surface area contributed by atoms with Gasteiger partial charge in [0, 0.05) is 24.1 Å². The van der Waals surface area contributed by atoms with Crippen LogP contribution >= 0.6 is 12.4 Å². The van der Waals surface area contributed by atoms with Gasteiger partial charge in [0.15, 0.2) is 5.78 Å². The minimum atomic E-state index is -0.0638. The van der Waals surface area contributed by atoms with E-state index in [1.165, 1.54) is 6.42 Å². The molecule has 1 saturated heterocycles. The molecule has 0 aromatic heterocycles. The summed E-state index contributed by atoms with van der Waals surface area (Å²) in [5.74, 6) is 0.560. The molecule has 1 heterocycles. The van der Waals surface area contributed by atoms with Crippen molar-refractivity contribution >= 4 is 24.1 Å². The van der Waals surface area contributed by atoms with Gasteiger partial charge in [0.2, 0.25) is 0 Å². The summed E-state index contributed by atoms with van der Waals surface area (Å²) in [6.07, 6.45) is 2.83. The number of piperidine rings is 1. The van der Waals surface area contributed by atoms with Crippen molar-refractivity contribution in [1.29, 1.82) is 0 Å². The minimum absolute atomic E-state index is 0. The van der Waals surface area contributed by atoms with Gasteiger partial charge in [0.25, 0.3) is 5.91 Å². The largest absolute Gasteiger partial charge is 0.352 e. The van der Waals surface area contributed by atoms with Gasteiger partial charge in [-0.2, -0.15) is 0 Å². The molecule has 4 nitrogen and oxygen atoms in total. The van der Waals surface area contributed by atoms with Crippen molar-refractivity contribution in [3.05, 3.63) is 35.4 Å². The van der Waals surface area contributed by atoms with Crippen LogP contribution in [0.4, 0.5) is 0 Å². The van der Waals surface area contributed by atoms with Crippen molar-refractivity contribution in [3.8, 4) is 0 Å². The van der Waals surface area contributed by atoms with Crippen LogP contribution in [0.3, 0.4) is 0 Å². The number of ketones is 1. The van der Waals surface area contributed by atoms with E-state index in [9.17, 15) is 9.59 Å². The average molecular weight is 311 g/mol. The van der Waals surface area contributed by atoms with Crippen molar-refractivity contribution in [2.45, 2.75) is 26.2 Å². The fourth-order valence-electron chi connectivity index (χ4n) is 2.45. The molecule has 0 aliphatic carbocycles. The number of carbonyl (C=O) groups excluding carboxylic acids is 2. The summed E-state index contributed by atoms with van der Waals surface area (Å²) >= 11 is 0. The van der Waals surface area contributed by atoms with Crippen LogP contribution in [-0.2, 0) is 0 Å². The Bertz CT molecular complexity index is 468. The third-order valence-corrected chi connectivity index (χ3v) is 3.74. The van der Waals surface area contributed by atoms with E-state index in [1.807, 2.05) is 6.92 Å². The van der Waals surface area contributed by atoms with E-state index in [2.05, 4.69) is 10.6 Å². The predicted octanol–water partition coefficient (Wildman–Crippen LogP) is 2.43. The fourth-order valence-corrected chi connectivity index (χ4v) is 2.45. The van der Waals surface area contributed by atoms with Gasteiger partial charge in [-0.3, -0.25) is 9.59 Å². The molecule has 1 amide bonds. The minimum Gasteiger partial charge on any atom is -0.352 e. The summed E-state index contributed by atoms with van der Waals surface area (Å²) in [5, 5.41) is 6.30. The highest BCUT2D eigenvalue weighted by Gasteiger charge is 2.14. The molecule has 2 N–H and O–H groups in total. The van der Waals surface area contributed by atoms with Gasteiger partial charge >= 0.3 is 0 Å². The van der Waals surface area contributed by atoms with Gasteiger partial charge in [-0.1, -0.05) is 19.1 Å². The third kappa shape index (κ3) is 5.14. The van der Waals surface area contributed by atoms with Gasteiger partial charge in [0.05, 0.1) is 0 Å². The molecule has 0 spiro atoms. The van der Waals surface area contributed by atoms with E-state index < -0.39 is 0 Å². The molecule has 1 fully saturated rings. The normalized spacial score (nSPS) is 17.7. The molecule has 21 heavy (non-hydrogen) atoms. The zero-order chi connectivity index (χ0) is 14.4. The highest BCUT2D eigenvalue weighted by Crippen LogP contribution is 2.10. The van der Waals surface area contributed by atoms with E-state index in [0.29, 0.717) is 30.0 Å². The van der Waals surface area contributed by atoms with E-state index >= 15 is 0 Å². The second-order valence-corrected chi connectivity index (χ2v) is 5.28. The Morgan fingerprint density at radius 3 is 2.48 bits per heavy atom. The molecule has 0 saturated carbocycles. The van der Waals surface area contributed by atoms with E-state index in [-0.39, 0.29) is 24.1 Å². The first-order valence-corrected chi connectivity index (χ1v) is 7.33. The molecular weight excluding hydrogens is 288 g/mol. The lowest BCUT2D eigenvalue weighted by Crippen LogP contribution is -2.38. The van der Waals surface area contributed by atoms with Gasteiger partial charge < -0.3 is 10.6 Å². The van der Waals surface area contributed by atoms with Crippen LogP contribution in [-0.4, -0.2) is 31.3 Å². The van der Waals surface area contributed by atoms with Gasteiger partial charge in [-0.05, 0) is 44.0 Å². The number of Topliss-reactive ketones (excluding diaryl/α,β-unsaturated/α-hetero) is 1. The first-order chi connectivity index (χ1) is 9.70. The van der Waals surface area contributed by atoms with Crippen molar-refractivity contribution in [3.63, 3.8) is 0 Å². The Morgan fingerprint density at radius 2 is 1.90 bits per heavy atom. The second kappa shape index (κ2) is 8.80. The summed E-state index contributed by atoms with van der Waals surface area (Å²) in [6.45, 7) is 4.60. The summed E-state index contributed by atoms with van der Waals surface area (Å²) in [7, 11) is 0. The van der Waals surface area contributed by atoms with Gasteiger partial charge in [-0.15, -0.1) is 12.4 Å². The van der Waals surface area contributed by atoms with Crippen molar-refractivity contribution in [2.75, 3.05) is 19.6 Å². The highest BCUT2D eigenvalue weighted by molar-refractivity contribution is 5.98. The monoisotopic (exact) mass is 310 g/mol. The summed E-state index contributed by atoms with van der Waals surface area (Å²) in [5.41, 5.74) is 1.28. The predicted molar refractivity (Wildman–Crippen MR) is 86.2 cm³/mol. The number of benzene rings is 1. The van der Waals surface area contributed by atoms with E-state index in [4.69, 9.17) is 0 Å². The number of rotatable bonds is 5. The zero-order valence-corrected chi connectivity index (χ0v) is 13.2. The SMILES string of the molecule is CCC(=O)c1ccc(C(=O)NCC2CCCNC2)cc1.Cl. The number of amides is 1. The Morgan fingerprint density at radius 1 is 1.24 bits per heavy atom. The standard InChI is InChI=1S/C16H22N2O2.ClH/c1-2-15(19)13-5-7-14(8-6-13)16(20)18-11-12-4-3-9-17-10-12;/h5-8,12,17H,2-4,9-11H2,1H3,(H,18,20);1H. The molecule has 1 aliphatic rings. The van der Waals surface area contributed by atoms with Crippen LogP contribution in [0.25, 0.3) is 0 Å². The molecule has 0 bridgehead atoms. The Hall–Kier alpha value is -1.39.